The van der Waals surface area contributed by atoms with Crippen LogP contribution in [0.15, 0.2) is 35.1 Å². The van der Waals surface area contributed by atoms with E-state index in [9.17, 15) is 22.8 Å². The molecule has 2 aromatic rings. The lowest BCUT2D eigenvalue weighted by Gasteiger charge is -2.10. The van der Waals surface area contributed by atoms with E-state index in [0.29, 0.717) is 5.56 Å². The molecule has 0 N–H and O–H groups in total. The topological polar surface area (TPSA) is 47.3 Å². The van der Waals surface area contributed by atoms with E-state index >= 15 is 0 Å². The molecule has 1 aromatic heterocycles. The van der Waals surface area contributed by atoms with Crippen molar-refractivity contribution in [3.05, 3.63) is 46.3 Å². The largest absolute Gasteiger partial charge is 0.472 e. The number of halogens is 5. The molecule has 0 saturated carbocycles. The molecule has 0 fully saturated rings. The van der Waals surface area contributed by atoms with Crippen molar-refractivity contribution in [2.75, 3.05) is 0 Å². The number of rotatable bonds is 4. The molecule has 0 bridgehead atoms. The first-order chi connectivity index (χ1) is 10.2. The third-order valence-corrected chi connectivity index (χ3v) is 3.55. The van der Waals surface area contributed by atoms with Crippen LogP contribution in [0.1, 0.15) is 16.8 Å². The molecule has 0 aliphatic heterocycles. The monoisotopic (exact) mass is 350 g/mol. The second kappa shape index (κ2) is 6.14. The van der Waals surface area contributed by atoms with Crippen LogP contribution in [0.2, 0.25) is 10.0 Å². The van der Waals surface area contributed by atoms with Gasteiger partial charge in [-0.1, -0.05) is 23.2 Å². The Balaban J connectivity index is 2.39. The summed E-state index contributed by atoms with van der Waals surface area (Å²) in [5.74, 6) is -3.16. The van der Waals surface area contributed by atoms with Crippen LogP contribution in [-0.2, 0) is 4.79 Å². The predicted molar refractivity (Wildman–Crippen MR) is 74.2 cm³/mol. The molecule has 2 rings (SSSR count). The van der Waals surface area contributed by atoms with Crippen LogP contribution in [0.25, 0.3) is 11.1 Å². The minimum Gasteiger partial charge on any atom is -0.472 e. The number of hydrogen-bond acceptors (Lipinski definition) is 3. The summed E-state index contributed by atoms with van der Waals surface area (Å²) in [6, 6.07) is 4.03. The van der Waals surface area contributed by atoms with E-state index < -0.39 is 24.2 Å². The molecule has 0 saturated heterocycles. The lowest BCUT2D eigenvalue weighted by Crippen LogP contribution is -2.25. The van der Waals surface area contributed by atoms with E-state index in [4.69, 9.17) is 27.6 Å². The van der Waals surface area contributed by atoms with Gasteiger partial charge in [-0.2, -0.15) is 13.2 Å². The quantitative estimate of drug-likeness (QED) is 0.578. The predicted octanol–water partition coefficient (Wildman–Crippen LogP) is 4.96. The van der Waals surface area contributed by atoms with E-state index in [1.165, 1.54) is 30.7 Å². The summed E-state index contributed by atoms with van der Waals surface area (Å²) in [5, 5.41) is 0.0685. The average molecular weight is 351 g/mol. The number of hydrogen-bond donors (Lipinski definition) is 0. The molecule has 22 heavy (non-hydrogen) atoms. The van der Waals surface area contributed by atoms with Crippen molar-refractivity contribution in [3.63, 3.8) is 0 Å². The molecular formula is C14H7Cl2F3O3. The van der Waals surface area contributed by atoms with Gasteiger partial charge in [0.1, 0.15) is 0 Å². The number of ketones is 2. The van der Waals surface area contributed by atoms with Crippen LogP contribution < -0.4 is 0 Å². The van der Waals surface area contributed by atoms with Crippen molar-refractivity contribution < 1.29 is 27.2 Å². The molecule has 0 atom stereocenters. The summed E-state index contributed by atoms with van der Waals surface area (Å²) in [6.45, 7) is 0. The first-order valence-corrected chi connectivity index (χ1v) is 6.61. The van der Waals surface area contributed by atoms with Crippen LogP contribution in [0.3, 0.4) is 0 Å². The third-order valence-electron chi connectivity index (χ3n) is 2.84. The highest BCUT2D eigenvalue weighted by molar-refractivity contribution is 6.41. The number of alkyl halides is 3. The maximum absolute atomic E-state index is 12.2. The first-order valence-electron chi connectivity index (χ1n) is 5.85. The van der Waals surface area contributed by atoms with E-state index in [1.807, 2.05) is 0 Å². The van der Waals surface area contributed by atoms with Crippen LogP contribution in [0.5, 0.6) is 0 Å². The maximum atomic E-state index is 12.2. The summed E-state index contributed by atoms with van der Waals surface area (Å²) in [5.41, 5.74) is 0.508. The summed E-state index contributed by atoms with van der Waals surface area (Å²) in [7, 11) is 0. The molecule has 0 aliphatic carbocycles. The van der Waals surface area contributed by atoms with E-state index in [0.717, 1.165) is 0 Å². The fraction of sp³-hybridized carbons (Fsp3) is 0.143. The van der Waals surface area contributed by atoms with Crippen molar-refractivity contribution in [1.82, 2.24) is 0 Å². The first kappa shape index (κ1) is 16.6. The van der Waals surface area contributed by atoms with Gasteiger partial charge in [0.15, 0.2) is 5.78 Å². The molecule has 3 nitrogen and oxygen atoms in total. The number of furan rings is 1. The smallest absolute Gasteiger partial charge is 0.450 e. The van der Waals surface area contributed by atoms with Crippen LogP contribution in [-0.4, -0.2) is 17.7 Å². The number of benzene rings is 1. The van der Waals surface area contributed by atoms with Gasteiger partial charge in [0.25, 0.3) is 0 Å². The number of Topliss-reactive ketones (excluding diaryl/α,β-unsaturated/α-hetero) is 2. The summed E-state index contributed by atoms with van der Waals surface area (Å²) >= 11 is 12.1. The Labute approximate surface area is 132 Å². The lowest BCUT2D eigenvalue weighted by atomic mass is 10.0. The minimum atomic E-state index is -5.07. The van der Waals surface area contributed by atoms with Gasteiger partial charge in [0, 0.05) is 16.7 Å². The molecule has 0 spiro atoms. The highest BCUT2D eigenvalue weighted by atomic mass is 35.5. The summed E-state index contributed by atoms with van der Waals surface area (Å²) in [6.07, 6.45) is -3.70. The van der Waals surface area contributed by atoms with Gasteiger partial charge >= 0.3 is 6.18 Å². The fourth-order valence-electron chi connectivity index (χ4n) is 1.78. The molecule has 0 amide bonds. The van der Waals surface area contributed by atoms with Gasteiger partial charge in [-0.05, 0) is 18.2 Å². The Kier molecular flexibility index (Phi) is 4.63. The average Bonchev–Trinajstić information content (AvgIpc) is 2.91. The standard InChI is InChI=1S/C14H7Cl2F3O3/c15-9-2-1-8(10(20)5-11(21)14(17,18)19)13(16)12(9)7-3-4-22-6-7/h1-4,6H,5H2. The second-order valence-corrected chi connectivity index (χ2v) is 5.10. The molecule has 1 aromatic carbocycles. The van der Waals surface area contributed by atoms with Gasteiger partial charge in [0.05, 0.1) is 29.0 Å². The Morgan fingerprint density at radius 3 is 2.36 bits per heavy atom. The van der Waals surface area contributed by atoms with Crippen LogP contribution in [0, 0.1) is 0 Å². The van der Waals surface area contributed by atoms with Gasteiger partial charge in [-0.3, -0.25) is 9.59 Å². The van der Waals surface area contributed by atoms with Gasteiger partial charge < -0.3 is 4.42 Å². The Bertz CT molecular complexity index is 722. The zero-order valence-corrected chi connectivity index (χ0v) is 12.2. The van der Waals surface area contributed by atoms with Crippen molar-refractivity contribution in [2.45, 2.75) is 12.6 Å². The van der Waals surface area contributed by atoms with Crippen molar-refractivity contribution in [2.24, 2.45) is 0 Å². The normalized spacial score (nSPS) is 11.5. The van der Waals surface area contributed by atoms with Gasteiger partial charge in [-0.15, -0.1) is 0 Å². The third kappa shape index (κ3) is 3.34. The van der Waals surface area contributed by atoms with Gasteiger partial charge in [-0.25, -0.2) is 0 Å². The zero-order chi connectivity index (χ0) is 16.5. The van der Waals surface area contributed by atoms with Crippen LogP contribution in [0.4, 0.5) is 13.2 Å². The van der Waals surface area contributed by atoms with Gasteiger partial charge in [0.2, 0.25) is 5.78 Å². The fourth-order valence-corrected chi connectivity index (χ4v) is 2.47. The lowest BCUT2D eigenvalue weighted by molar-refractivity contribution is -0.170. The number of carbonyl (C=O) groups is 2. The minimum absolute atomic E-state index is 0.131. The second-order valence-electron chi connectivity index (χ2n) is 4.32. The van der Waals surface area contributed by atoms with E-state index in [2.05, 4.69) is 0 Å². The van der Waals surface area contributed by atoms with E-state index in [-0.39, 0.29) is 21.2 Å². The molecule has 8 heteroatoms. The molecule has 0 aliphatic rings. The highest BCUT2D eigenvalue weighted by Gasteiger charge is 2.39. The van der Waals surface area contributed by atoms with E-state index in [1.54, 1.807) is 0 Å². The Hall–Kier alpha value is -1.79. The number of carbonyl (C=O) groups excluding carboxylic acids is 2. The SMILES string of the molecule is O=C(CC(=O)C(F)(F)F)c1ccc(Cl)c(-c2ccoc2)c1Cl. The Morgan fingerprint density at radius 2 is 1.82 bits per heavy atom. The van der Waals surface area contributed by atoms with Crippen LogP contribution >= 0.6 is 23.2 Å². The zero-order valence-electron chi connectivity index (χ0n) is 10.7. The Morgan fingerprint density at radius 1 is 1.14 bits per heavy atom. The molecule has 1 heterocycles. The van der Waals surface area contributed by atoms with Crippen molar-refractivity contribution in [1.29, 1.82) is 0 Å². The summed E-state index contributed by atoms with van der Waals surface area (Å²) in [4.78, 5) is 22.8. The molecule has 116 valence electrons. The van der Waals surface area contributed by atoms with Crippen molar-refractivity contribution in [3.8, 4) is 11.1 Å². The molecule has 0 unspecified atom stereocenters. The summed E-state index contributed by atoms with van der Waals surface area (Å²) < 4.78 is 41.6. The molecule has 0 radical (unpaired) electrons. The van der Waals surface area contributed by atoms with Crippen molar-refractivity contribution >= 4 is 34.8 Å². The highest BCUT2D eigenvalue weighted by Crippen LogP contribution is 2.37. The maximum Gasteiger partial charge on any atom is 0.450 e. The molecular weight excluding hydrogens is 344 g/mol.